The van der Waals surface area contributed by atoms with Gasteiger partial charge in [0, 0.05) is 0 Å². The highest BCUT2D eigenvalue weighted by Crippen LogP contribution is 2.15. The Kier molecular flexibility index (Phi) is 7.55. The molecule has 0 unspecified atom stereocenters. The van der Waals surface area contributed by atoms with E-state index in [-0.39, 0.29) is 5.91 Å². The number of para-hydroxylation sites is 1. The number of rotatable bonds is 7. The maximum atomic E-state index is 12.5. The van der Waals surface area contributed by atoms with Gasteiger partial charge in [0.1, 0.15) is 26.2 Å². The molecule has 0 saturated carbocycles. The van der Waals surface area contributed by atoms with Crippen LogP contribution in [0.25, 0.3) is 6.08 Å². The summed E-state index contributed by atoms with van der Waals surface area (Å²) >= 11 is 0. The Morgan fingerprint density at radius 1 is 0.966 bits per heavy atom. The third-order valence-corrected chi connectivity index (χ3v) is 5.20. The number of hydrogen-bond acceptors (Lipinski definition) is 3. The molecule has 6 nitrogen and oxygen atoms in total. The molecule has 0 bridgehead atoms. The molecule has 1 heterocycles. The molecule has 0 atom stereocenters. The Bertz CT molecular complexity index is 843. The van der Waals surface area contributed by atoms with Crippen LogP contribution in [0.5, 0.6) is 0 Å². The Hall–Kier alpha value is -2.96. The zero-order valence-corrected chi connectivity index (χ0v) is 16.8. The zero-order valence-electron chi connectivity index (χ0n) is 16.8. The maximum absolute atomic E-state index is 12.5. The molecule has 2 aromatic rings. The van der Waals surface area contributed by atoms with Gasteiger partial charge in [-0.3, -0.25) is 4.79 Å². The highest BCUT2D eigenvalue weighted by molar-refractivity contribution is 6.01. The van der Waals surface area contributed by atoms with Gasteiger partial charge in [-0.2, -0.15) is 0 Å². The van der Waals surface area contributed by atoms with E-state index in [4.69, 9.17) is 4.74 Å². The number of piperazine rings is 1. The fourth-order valence-corrected chi connectivity index (χ4v) is 3.57. The van der Waals surface area contributed by atoms with E-state index in [0.717, 1.165) is 32.7 Å². The number of carbonyl (C=O) groups excluding carboxylic acids is 2. The van der Waals surface area contributed by atoms with Crippen LogP contribution in [-0.2, 0) is 9.53 Å². The van der Waals surface area contributed by atoms with Crippen molar-refractivity contribution >= 4 is 23.6 Å². The molecule has 1 aliphatic heterocycles. The molecule has 1 amide bonds. The molecule has 0 spiro atoms. The van der Waals surface area contributed by atoms with Crippen LogP contribution in [0.3, 0.4) is 0 Å². The van der Waals surface area contributed by atoms with Crippen molar-refractivity contribution in [1.29, 1.82) is 0 Å². The molecule has 2 aromatic carbocycles. The highest BCUT2D eigenvalue weighted by atomic mass is 16.5. The molecule has 1 aliphatic rings. The molecular formula is C23H29N3O3+2. The van der Waals surface area contributed by atoms with Gasteiger partial charge in [-0.25, -0.2) is 4.79 Å². The summed E-state index contributed by atoms with van der Waals surface area (Å²) in [5.41, 5.74) is 2.09. The fourth-order valence-electron chi connectivity index (χ4n) is 3.57. The number of carbonyl (C=O) groups is 2. The lowest BCUT2D eigenvalue weighted by Gasteiger charge is -2.28. The molecular weight excluding hydrogens is 366 g/mol. The van der Waals surface area contributed by atoms with Gasteiger partial charge in [-0.15, -0.1) is 0 Å². The molecule has 1 fully saturated rings. The Morgan fingerprint density at radius 2 is 1.62 bits per heavy atom. The van der Waals surface area contributed by atoms with Crippen LogP contribution in [-0.4, -0.2) is 58.3 Å². The molecule has 0 radical (unpaired) electrons. The molecule has 0 aromatic heterocycles. The Labute approximate surface area is 171 Å². The molecule has 29 heavy (non-hydrogen) atoms. The highest BCUT2D eigenvalue weighted by Gasteiger charge is 2.24. The van der Waals surface area contributed by atoms with Gasteiger partial charge in [-0.1, -0.05) is 48.5 Å². The number of hydrogen-bond donors (Lipinski definition) is 3. The Balaban J connectivity index is 1.43. The van der Waals surface area contributed by atoms with Crippen LogP contribution in [0.2, 0.25) is 0 Å². The summed E-state index contributed by atoms with van der Waals surface area (Å²) in [4.78, 5) is 27.1. The minimum Gasteiger partial charge on any atom is -0.465 e. The fraction of sp³-hybridized carbons (Fsp3) is 0.304. The first kappa shape index (κ1) is 20.8. The zero-order chi connectivity index (χ0) is 20.5. The molecule has 3 N–H and O–H groups in total. The monoisotopic (exact) mass is 395 g/mol. The second-order valence-corrected chi connectivity index (χ2v) is 7.28. The maximum Gasteiger partial charge on any atom is 0.339 e. The number of esters is 1. The van der Waals surface area contributed by atoms with Gasteiger partial charge in [-0.05, 0) is 23.8 Å². The van der Waals surface area contributed by atoms with Crippen LogP contribution < -0.4 is 15.1 Å². The number of anilines is 1. The van der Waals surface area contributed by atoms with Gasteiger partial charge in [0.25, 0.3) is 5.91 Å². The van der Waals surface area contributed by atoms with Crippen molar-refractivity contribution in [3.05, 3.63) is 71.8 Å². The van der Waals surface area contributed by atoms with E-state index in [2.05, 4.69) is 29.6 Å². The minimum absolute atomic E-state index is 0.0798. The molecule has 3 rings (SSSR count). The van der Waals surface area contributed by atoms with Crippen LogP contribution in [0.1, 0.15) is 15.9 Å². The molecule has 1 saturated heterocycles. The summed E-state index contributed by atoms with van der Waals surface area (Å²) in [6.45, 7) is 5.41. The molecule has 0 aliphatic carbocycles. The van der Waals surface area contributed by atoms with Gasteiger partial charge in [0.2, 0.25) is 0 Å². The molecule has 152 valence electrons. The van der Waals surface area contributed by atoms with Crippen LogP contribution >= 0.6 is 0 Å². The van der Waals surface area contributed by atoms with Crippen molar-refractivity contribution in [3.63, 3.8) is 0 Å². The average molecular weight is 396 g/mol. The van der Waals surface area contributed by atoms with E-state index in [9.17, 15) is 9.59 Å². The first-order valence-electron chi connectivity index (χ1n) is 10.0. The number of benzene rings is 2. The number of quaternary nitrogens is 2. The van der Waals surface area contributed by atoms with Gasteiger partial charge in [0.15, 0.2) is 6.54 Å². The third kappa shape index (κ3) is 6.27. The number of ether oxygens (including phenoxy) is 1. The van der Waals surface area contributed by atoms with Gasteiger partial charge < -0.3 is 19.9 Å². The van der Waals surface area contributed by atoms with E-state index < -0.39 is 5.97 Å². The predicted octanol–water partition coefficient (Wildman–Crippen LogP) is -0.0915. The molecule has 6 heteroatoms. The van der Waals surface area contributed by atoms with E-state index in [1.54, 1.807) is 24.3 Å². The summed E-state index contributed by atoms with van der Waals surface area (Å²) in [6, 6.07) is 17.2. The van der Waals surface area contributed by atoms with E-state index in [1.807, 2.05) is 18.2 Å². The van der Waals surface area contributed by atoms with Crippen molar-refractivity contribution in [2.45, 2.75) is 0 Å². The summed E-state index contributed by atoms with van der Waals surface area (Å²) < 4.78 is 4.78. The van der Waals surface area contributed by atoms with E-state index in [1.165, 1.54) is 22.5 Å². The van der Waals surface area contributed by atoms with Crippen molar-refractivity contribution in [1.82, 2.24) is 0 Å². The second kappa shape index (κ2) is 10.5. The first-order chi connectivity index (χ1) is 14.2. The average Bonchev–Trinajstić information content (AvgIpc) is 2.75. The summed E-state index contributed by atoms with van der Waals surface area (Å²) in [7, 11) is 1.34. The van der Waals surface area contributed by atoms with Crippen molar-refractivity contribution in [2.24, 2.45) is 0 Å². The van der Waals surface area contributed by atoms with Gasteiger partial charge >= 0.3 is 5.97 Å². The van der Waals surface area contributed by atoms with Crippen LogP contribution in [0.15, 0.2) is 60.7 Å². The van der Waals surface area contributed by atoms with E-state index >= 15 is 0 Å². The van der Waals surface area contributed by atoms with Gasteiger partial charge in [0.05, 0.1) is 24.9 Å². The largest absolute Gasteiger partial charge is 0.465 e. The predicted molar refractivity (Wildman–Crippen MR) is 113 cm³/mol. The quantitative estimate of drug-likeness (QED) is 0.574. The first-order valence-corrected chi connectivity index (χ1v) is 10.0. The van der Waals surface area contributed by atoms with Crippen LogP contribution in [0.4, 0.5) is 5.69 Å². The smallest absolute Gasteiger partial charge is 0.339 e. The summed E-state index contributed by atoms with van der Waals surface area (Å²) in [6.07, 6.45) is 4.39. The van der Waals surface area contributed by atoms with Crippen molar-refractivity contribution in [3.8, 4) is 0 Å². The second-order valence-electron chi connectivity index (χ2n) is 7.28. The number of amides is 1. The lowest BCUT2D eigenvalue weighted by molar-refractivity contribution is -1.01. The SMILES string of the molecule is COC(=O)c1ccccc1NC(=O)C[NH+]1CC[NH+](CC=Cc2ccccc2)CC1. The Morgan fingerprint density at radius 3 is 2.34 bits per heavy atom. The summed E-state index contributed by atoms with van der Waals surface area (Å²) in [5, 5.41) is 2.86. The van der Waals surface area contributed by atoms with E-state index in [0.29, 0.717) is 17.8 Å². The third-order valence-electron chi connectivity index (χ3n) is 5.20. The van der Waals surface area contributed by atoms with Crippen molar-refractivity contribution in [2.75, 3.05) is 51.7 Å². The standard InChI is InChI=1S/C23H27N3O3/c1-29-23(28)20-11-5-6-12-21(20)24-22(27)18-26-16-14-25(15-17-26)13-7-10-19-8-3-2-4-9-19/h2-12H,13-18H2,1H3,(H,24,27)/p+2. The lowest BCUT2D eigenvalue weighted by Crippen LogP contribution is -3.28. The minimum atomic E-state index is -0.450. The summed E-state index contributed by atoms with van der Waals surface area (Å²) in [5.74, 6) is -0.530. The van der Waals surface area contributed by atoms with Crippen LogP contribution in [0, 0.1) is 0 Å². The number of methoxy groups -OCH3 is 1. The topological polar surface area (TPSA) is 64.3 Å². The lowest BCUT2D eigenvalue weighted by atomic mass is 10.2. The number of nitrogens with one attached hydrogen (secondary N) is 3. The van der Waals surface area contributed by atoms with Crippen molar-refractivity contribution < 1.29 is 24.1 Å². The normalized spacial score (nSPS) is 19.1.